The molecular formula is C19H28N2O2. The van der Waals surface area contributed by atoms with Crippen LogP contribution in [-0.4, -0.2) is 54.0 Å². The van der Waals surface area contributed by atoms with Crippen molar-refractivity contribution in [1.82, 2.24) is 9.80 Å². The number of piperidine rings is 2. The van der Waals surface area contributed by atoms with E-state index in [1.165, 1.54) is 0 Å². The van der Waals surface area contributed by atoms with Crippen molar-refractivity contribution in [2.45, 2.75) is 31.8 Å². The highest BCUT2D eigenvalue weighted by Crippen LogP contribution is 2.31. The Morgan fingerprint density at radius 3 is 2.48 bits per heavy atom. The highest BCUT2D eigenvalue weighted by molar-refractivity contribution is 5.79. The largest absolute Gasteiger partial charge is 0.388 e. The molecule has 1 aromatic rings. The number of aliphatic hydroxyl groups excluding tert-OH is 1. The van der Waals surface area contributed by atoms with E-state index in [0.717, 1.165) is 57.4 Å². The molecule has 0 saturated carbocycles. The molecule has 1 N–H and O–H groups in total. The van der Waals surface area contributed by atoms with Gasteiger partial charge >= 0.3 is 0 Å². The van der Waals surface area contributed by atoms with Crippen LogP contribution in [0.4, 0.5) is 0 Å². The first-order valence-electron chi connectivity index (χ1n) is 8.85. The Balaban J connectivity index is 1.53. The highest BCUT2D eigenvalue weighted by atomic mass is 16.3. The van der Waals surface area contributed by atoms with Crippen molar-refractivity contribution in [2.75, 3.05) is 33.2 Å². The number of benzene rings is 1. The summed E-state index contributed by atoms with van der Waals surface area (Å²) >= 11 is 0. The number of aliphatic hydroxyl groups is 1. The summed E-state index contributed by atoms with van der Waals surface area (Å²) in [6.07, 6.45) is 3.52. The molecule has 1 aromatic carbocycles. The molecule has 4 nitrogen and oxygen atoms in total. The second-order valence-electron chi connectivity index (χ2n) is 7.12. The van der Waals surface area contributed by atoms with Gasteiger partial charge in [-0.1, -0.05) is 30.3 Å². The monoisotopic (exact) mass is 316 g/mol. The second kappa shape index (κ2) is 7.45. The smallest absolute Gasteiger partial charge is 0.226 e. The van der Waals surface area contributed by atoms with E-state index in [1.54, 1.807) is 0 Å². The van der Waals surface area contributed by atoms with Gasteiger partial charge < -0.3 is 14.9 Å². The van der Waals surface area contributed by atoms with Crippen LogP contribution in [0.1, 0.15) is 37.4 Å². The molecule has 0 aliphatic carbocycles. The normalized spacial score (nSPS) is 25.3. The van der Waals surface area contributed by atoms with Crippen LogP contribution in [0.3, 0.4) is 0 Å². The molecule has 2 aliphatic rings. The van der Waals surface area contributed by atoms with Gasteiger partial charge in [-0.25, -0.2) is 0 Å². The van der Waals surface area contributed by atoms with E-state index in [4.69, 9.17) is 0 Å². The number of carbonyl (C=O) groups is 1. The van der Waals surface area contributed by atoms with Crippen molar-refractivity contribution < 1.29 is 9.90 Å². The number of likely N-dealkylation sites (tertiary alicyclic amines) is 2. The lowest BCUT2D eigenvalue weighted by molar-refractivity contribution is -0.139. The van der Waals surface area contributed by atoms with Crippen molar-refractivity contribution in [3.63, 3.8) is 0 Å². The van der Waals surface area contributed by atoms with E-state index in [9.17, 15) is 9.90 Å². The van der Waals surface area contributed by atoms with Crippen LogP contribution in [0.5, 0.6) is 0 Å². The first kappa shape index (κ1) is 16.5. The van der Waals surface area contributed by atoms with Gasteiger partial charge in [0.2, 0.25) is 5.91 Å². The fourth-order valence-electron chi connectivity index (χ4n) is 3.98. The van der Waals surface area contributed by atoms with E-state index in [-0.39, 0.29) is 11.8 Å². The average Bonchev–Trinajstić information content (AvgIpc) is 2.61. The Bertz CT molecular complexity index is 511. The third-order valence-corrected chi connectivity index (χ3v) is 5.41. The van der Waals surface area contributed by atoms with Gasteiger partial charge in [-0.2, -0.15) is 0 Å². The molecule has 0 spiro atoms. The van der Waals surface area contributed by atoms with Gasteiger partial charge in [0.1, 0.15) is 0 Å². The second-order valence-corrected chi connectivity index (χ2v) is 7.12. The predicted molar refractivity (Wildman–Crippen MR) is 90.9 cm³/mol. The molecule has 3 rings (SSSR count). The molecule has 126 valence electrons. The first-order chi connectivity index (χ1) is 11.1. The summed E-state index contributed by atoms with van der Waals surface area (Å²) in [5, 5.41) is 10.5. The van der Waals surface area contributed by atoms with Gasteiger partial charge in [0.15, 0.2) is 0 Å². The van der Waals surface area contributed by atoms with Crippen molar-refractivity contribution >= 4 is 5.91 Å². The topological polar surface area (TPSA) is 43.8 Å². The minimum Gasteiger partial charge on any atom is -0.388 e. The van der Waals surface area contributed by atoms with Crippen LogP contribution in [0.2, 0.25) is 0 Å². The van der Waals surface area contributed by atoms with Gasteiger partial charge in [-0.15, -0.1) is 0 Å². The minimum atomic E-state index is -0.408. The minimum absolute atomic E-state index is 0.171. The van der Waals surface area contributed by atoms with E-state index in [2.05, 4.69) is 11.9 Å². The van der Waals surface area contributed by atoms with Crippen molar-refractivity contribution in [3.05, 3.63) is 35.9 Å². The molecule has 1 amide bonds. The Morgan fingerprint density at radius 2 is 1.83 bits per heavy atom. The molecule has 2 atom stereocenters. The van der Waals surface area contributed by atoms with Crippen molar-refractivity contribution in [1.29, 1.82) is 0 Å². The van der Waals surface area contributed by atoms with Gasteiger partial charge in [0.25, 0.3) is 0 Å². The number of amides is 1. The third-order valence-electron chi connectivity index (χ3n) is 5.41. The van der Waals surface area contributed by atoms with Crippen molar-refractivity contribution in [3.8, 4) is 0 Å². The van der Waals surface area contributed by atoms with Gasteiger partial charge in [0, 0.05) is 19.6 Å². The Morgan fingerprint density at radius 1 is 1.13 bits per heavy atom. The Labute approximate surface area is 139 Å². The predicted octanol–water partition coefficient (Wildman–Crippen LogP) is 2.30. The fourth-order valence-corrected chi connectivity index (χ4v) is 3.98. The lowest BCUT2D eigenvalue weighted by Gasteiger charge is -2.38. The Hall–Kier alpha value is -1.39. The summed E-state index contributed by atoms with van der Waals surface area (Å²) in [6, 6.07) is 9.88. The molecule has 23 heavy (non-hydrogen) atoms. The summed E-state index contributed by atoms with van der Waals surface area (Å²) in [6.45, 7) is 3.57. The summed E-state index contributed by atoms with van der Waals surface area (Å²) in [5.74, 6) is 0.754. The van der Waals surface area contributed by atoms with Gasteiger partial charge in [-0.05, 0) is 50.8 Å². The lowest BCUT2D eigenvalue weighted by atomic mass is 9.86. The third kappa shape index (κ3) is 3.93. The number of rotatable bonds is 3. The maximum Gasteiger partial charge on any atom is 0.226 e. The number of hydrogen-bond donors (Lipinski definition) is 1. The summed E-state index contributed by atoms with van der Waals surface area (Å²) < 4.78 is 0. The fraction of sp³-hybridized carbons (Fsp3) is 0.632. The summed E-state index contributed by atoms with van der Waals surface area (Å²) in [4.78, 5) is 17.0. The van der Waals surface area contributed by atoms with Gasteiger partial charge in [0.05, 0.1) is 12.0 Å². The van der Waals surface area contributed by atoms with Crippen LogP contribution in [0.15, 0.2) is 30.3 Å². The first-order valence-corrected chi connectivity index (χ1v) is 8.85. The number of carbonyl (C=O) groups excluding carboxylic acids is 1. The summed E-state index contributed by atoms with van der Waals surface area (Å²) in [7, 11) is 2.10. The van der Waals surface area contributed by atoms with E-state index >= 15 is 0 Å². The van der Waals surface area contributed by atoms with Crippen LogP contribution in [0.25, 0.3) is 0 Å². The molecule has 2 heterocycles. The van der Waals surface area contributed by atoms with Crippen LogP contribution in [0, 0.1) is 11.8 Å². The molecule has 0 aromatic heterocycles. The standard InChI is InChI=1S/C19H28N2O2/c1-20-11-5-8-17(14-20)19(23)21-12-9-16(10-13-21)18(22)15-6-3-2-4-7-15/h2-4,6-7,16-18,22H,5,8-14H2,1H3. The zero-order valence-corrected chi connectivity index (χ0v) is 14.0. The van der Waals surface area contributed by atoms with E-state index in [0.29, 0.717) is 5.91 Å². The lowest BCUT2D eigenvalue weighted by Crippen LogP contribution is -2.46. The van der Waals surface area contributed by atoms with Crippen molar-refractivity contribution in [2.24, 2.45) is 11.8 Å². The maximum absolute atomic E-state index is 12.7. The Kier molecular flexibility index (Phi) is 5.34. The average molecular weight is 316 g/mol. The molecule has 2 aliphatic heterocycles. The van der Waals surface area contributed by atoms with E-state index < -0.39 is 6.10 Å². The molecule has 0 bridgehead atoms. The summed E-state index contributed by atoms with van der Waals surface area (Å²) in [5.41, 5.74) is 0.992. The molecule has 0 radical (unpaired) electrons. The van der Waals surface area contributed by atoms with Crippen LogP contribution in [-0.2, 0) is 4.79 Å². The SMILES string of the molecule is CN1CCCC(C(=O)N2CCC(C(O)c3ccccc3)CC2)C1. The molecule has 4 heteroatoms. The van der Waals surface area contributed by atoms with E-state index in [1.807, 2.05) is 35.2 Å². The van der Waals surface area contributed by atoms with Crippen LogP contribution < -0.4 is 0 Å². The number of hydrogen-bond acceptors (Lipinski definition) is 3. The molecule has 2 saturated heterocycles. The van der Waals surface area contributed by atoms with Crippen LogP contribution >= 0.6 is 0 Å². The quantitative estimate of drug-likeness (QED) is 0.930. The zero-order chi connectivity index (χ0) is 16.2. The zero-order valence-electron chi connectivity index (χ0n) is 14.0. The molecule has 2 fully saturated rings. The molecule has 2 unspecified atom stereocenters. The number of nitrogens with zero attached hydrogens (tertiary/aromatic N) is 2. The maximum atomic E-state index is 12.7. The highest BCUT2D eigenvalue weighted by Gasteiger charge is 2.32. The molecular weight excluding hydrogens is 288 g/mol. The van der Waals surface area contributed by atoms with Gasteiger partial charge in [-0.3, -0.25) is 4.79 Å².